The van der Waals surface area contributed by atoms with Crippen molar-refractivity contribution in [2.24, 2.45) is 0 Å². The van der Waals surface area contributed by atoms with E-state index < -0.39 is 10.0 Å². The van der Waals surface area contributed by atoms with Crippen LogP contribution in [-0.2, 0) is 14.8 Å². The summed E-state index contributed by atoms with van der Waals surface area (Å²) in [5, 5.41) is 2.75. The number of nitrogens with zero attached hydrogens (tertiary/aromatic N) is 1. The van der Waals surface area contributed by atoms with Gasteiger partial charge in [-0.1, -0.05) is 31.7 Å². The van der Waals surface area contributed by atoms with Crippen LogP contribution < -0.4 is 10.1 Å². The number of hydrogen-bond acceptors (Lipinski definition) is 4. The zero-order valence-electron chi connectivity index (χ0n) is 14.3. The summed E-state index contributed by atoms with van der Waals surface area (Å²) in [5.74, 6) is 0.300. The molecule has 0 heterocycles. The number of hydrogen-bond donors (Lipinski definition) is 1. The van der Waals surface area contributed by atoms with Crippen LogP contribution in [0.4, 0.5) is 5.69 Å². The van der Waals surface area contributed by atoms with Gasteiger partial charge in [0.25, 0.3) is 0 Å². The van der Waals surface area contributed by atoms with E-state index in [0.717, 1.165) is 38.5 Å². The molecule has 1 aliphatic rings. The molecule has 6 nitrogen and oxygen atoms in total. The van der Waals surface area contributed by atoms with Crippen molar-refractivity contribution in [3.63, 3.8) is 0 Å². The van der Waals surface area contributed by atoms with Gasteiger partial charge in [-0.3, -0.25) is 4.79 Å². The fourth-order valence-corrected chi connectivity index (χ4v) is 4.21. The quantitative estimate of drug-likeness (QED) is 0.797. The number of methoxy groups -OCH3 is 1. The van der Waals surface area contributed by atoms with Crippen molar-refractivity contribution >= 4 is 21.6 Å². The first kappa shape index (κ1) is 18.7. The molecule has 24 heavy (non-hydrogen) atoms. The number of amides is 1. The molecule has 1 aliphatic carbocycles. The molecule has 0 radical (unpaired) electrons. The van der Waals surface area contributed by atoms with Gasteiger partial charge in [0.1, 0.15) is 5.75 Å². The van der Waals surface area contributed by atoms with Gasteiger partial charge in [0.05, 0.1) is 19.9 Å². The van der Waals surface area contributed by atoms with Crippen molar-refractivity contribution in [1.82, 2.24) is 4.31 Å². The van der Waals surface area contributed by atoms with Crippen molar-refractivity contribution in [2.45, 2.75) is 44.6 Å². The third-order valence-corrected chi connectivity index (χ3v) is 5.59. The van der Waals surface area contributed by atoms with Crippen molar-refractivity contribution < 1.29 is 17.9 Å². The summed E-state index contributed by atoms with van der Waals surface area (Å²) >= 11 is 0. The maximum Gasteiger partial charge on any atom is 0.239 e. The van der Waals surface area contributed by atoms with Crippen LogP contribution >= 0.6 is 0 Å². The molecule has 1 amide bonds. The highest BCUT2D eigenvalue weighted by Gasteiger charge is 2.29. The third-order valence-electron chi connectivity index (χ3n) is 4.31. The Morgan fingerprint density at radius 2 is 1.92 bits per heavy atom. The summed E-state index contributed by atoms with van der Waals surface area (Å²) in [6, 6.07) is 6.92. The Kier molecular flexibility index (Phi) is 6.62. The maximum atomic E-state index is 12.3. The molecular weight excluding hydrogens is 328 g/mol. The minimum atomic E-state index is -3.43. The van der Waals surface area contributed by atoms with E-state index in [0.29, 0.717) is 11.4 Å². The molecule has 0 saturated heterocycles. The molecule has 0 bridgehead atoms. The summed E-state index contributed by atoms with van der Waals surface area (Å²) in [6.45, 7) is -0.152. The van der Waals surface area contributed by atoms with Crippen molar-refractivity contribution in [2.75, 3.05) is 25.2 Å². The predicted molar refractivity (Wildman–Crippen MR) is 94.7 cm³/mol. The number of carbonyl (C=O) groups is 1. The van der Waals surface area contributed by atoms with Gasteiger partial charge in [-0.15, -0.1) is 0 Å². The van der Waals surface area contributed by atoms with Gasteiger partial charge in [0.2, 0.25) is 15.9 Å². The van der Waals surface area contributed by atoms with Gasteiger partial charge < -0.3 is 10.1 Å². The Hall–Kier alpha value is -1.60. The molecule has 1 aromatic rings. The highest BCUT2D eigenvalue weighted by Crippen LogP contribution is 2.24. The zero-order chi connectivity index (χ0) is 17.6. The number of sulfonamides is 1. The molecule has 1 aromatic carbocycles. The molecule has 1 N–H and O–H groups in total. The molecule has 0 aliphatic heterocycles. The molecule has 0 atom stereocenters. The molecule has 0 unspecified atom stereocenters. The van der Waals surface area contributed by atoms with Crippen molar-refractivity contribution in [3.05, 3.63) is 24.3 Å². The second-order valence-corrected chi connectivity index (χ2v) is 8.17. The van der Waals surface area contributed by atoms with Crippen LogP contribution in [0.5, 0.6) is 5.75 Å². The van der Waals surface area contributed by atoms with Crippen LogP contribution in [0.2, 0.25) is 0 Å². The normalized spacial score (nSPS) is 16.6. The first-order valence-electron chi connectivity index (χ1n) is 8.31. The highest BCUT2D eigenvalue weighted by molar-refractivity contribution is 7.88. The minimum absolute atomic E-state index is 0.0847. The Balaban J connectivity index is 2.06. The second-order valence-electron chi connectivity index (χ2n) is 6.23. The monoisotopic (exact) mass is 354 g/mol. The van der Waals surface area contributed by atoms with E-state index in [9.17, 15) is 13.2 Å². The average molecular weight is 354 g/mol. The summed E-state index contributed by atoms with van der Waals surface area (Å²) < 4.78 is 30.8. The largest absolute Gasteiger partial charge is 0.497 e. The SMILES string of the molecule is COc1cccc(NC(=O)CN(C2CCCCCC2)S(C)(=O)=O)c1. The fourth-order valence-electron chi connectivity index (χ4n) is 3.11. The predicted octanol–water partition coefficient (Wildman–Crippen LogP) is 2.62. The van der Waals surface area contributed by atoms with Crippen molar-refractivity contribution in [1.29, 1.82) is 0 Å². The summed E-state index contributed by atoms with van der Waals surface area (Å²) in [6.07, 6.45) is 7.09. The average Bonchev–Trinajstić information content (AvgIpc) is 2.80. The zero-order valence-corrected chi connectivity index (χ0v) is 15.1. The first-order valence-corrected chi connectivity index (χ1v) is 10.2. The van der Waals surface area contributed by atoms with E-state index >= 15 is 0 Å². The maximum absolute atomic E-state index is 12.3. The molecular formula is C17H26N2O4S. The molecule has 2 rings (SSSR count). The van der Waals surface area contributed by atoms with E-state index in [1.165, 1.54) is 10.6 Å². The molecule has 1 saturated carbocycles. The lowest BCUT2D eigenvalue weighted by molar-refractivity contribution is -0.116. The Labute approximate surface area is 144 Å². The van der Waals surface area contributed by atoms with Crippen molar-refractivity contribution in [3.8, 4) is 5.75 Å². The van der Waals surface area contributed by atoms with Gasteiger partial charge in [-0.25, -0.2) is 8.42 Å². The lowest BCUT2D eigenvalue weighted by Gasteiger charge is -2.28. The van der Waals surface area contributed by atoms with Gasteiger partial charge in [0.15, 0.2) is 0 Å². The number of rotatable bonds is 6. The molecule has 1 fully saturated rings. The lowest BCUT2D eigenvalue weighted by atomic mass is 10.1. The number of nitrogens with one attached hydrogen (secondary N) is 1. The van der Waals surface area contributed by atoms with Crippen LogP contribution in [0.15, 0.2) is 24.3 Å². The number of carbonyl (C=O) groups excluding carboxylic acids is 1. The third kappa shape index (κ3) is 5.49. The summed E-state index contributed by atoms with van der Waals surface area (Å²) in [4.78, 5) is 12.3. The molecule has 134 valence electrons. The minimum Gasteiger partial charge on any atom is -0.497 e. The van der Waals surface area contributed by atoms with E-state index in [2.05, 4.69) is 5.32 Å². The Morgan fingerprint density at radius 1 is 1.25 bits per heavy atom. The fraction of sp³-hybridized carbons (Fsp3) is 0.588. The van der Waals surface area contributed by atoms with Crippen LogP contribution in [0, 0.1) is 0 Å². The van der Waals surface area contributed by atoms with E-state index in [4.69, 9.17) is 4.74 Å². The second kappa shape index (κ2) is 8.48. The highest BCUT2D eigenvalue weighted by atomic mass is 32.2. The topological polar surface area (TPSA) is 75.7 Å². The van der Waals surface area contributed by atoms with Gasteiger partial charge >= 0.3 is 0 Å². The van der Waals surface area contributed by atoms with E-state index in [-0.39, 0.29) is 18.5 Å². The van der Waals surface area contributed by atoms with Crippen LogP contribution in [0.1, 0.15) is 38.5 Å². The Morgan fingerprint density at radius 3 is 2.50 bits per heavy atom. The molecule has 0 spiro atoms. The van der Waals surface area contributed by atoms with Gasteiger partial charge in [0, 0.05) is 17.8 Å². The lowest BCUT2D eigenvalue weighted by Crippen LogP contribution is -2.44. The summed E-state index contributed by atoms with van der Waals surface area (Å²) in [7, 11) is -1.88. The number of benzene rings is 1. The molecule has 7 heteroatoms. The van der Waals surface area contributed by atoms with E-state index in [1.807, 2.05) is 0 Å². The number of anilines is 1. The molecule has 0 aromatic heterocycles. The first-order chi connectivity index (χ1) is 11.4. The summed E-state index contributed by atoms with van der Waals surface area (Å²) in [5.41, 5.74) is 0.591. The van der Waals surface area contributed by atoms with Crippen LogP contribution in [0.3, 0.4) is 0 Å². The van der Waals surface area contributed by atoms with Crippen LogP contribution in [0.25, 0.3) is 0 Å². The van der Waals surface area contributed by atoms with Gasteiger partial charge in [-0.05, 0) is 25.0 Å². The van der Waals surface area contributed by atoms with E-state index in [1.54, 1.807) is 31.4 Å². The van der Waals surface area contributed by atoms with Gasteiger partial charge in [-0.2, -0.15) is 4.31 Å². The smallest absolute Gasteiger partial charge is 0.239 e. The standard InChI is InChI=1S/C17H26N2O4S/c1-23-16-11-7-8-14(12-16)18-17(20)13-19(24(2,21)22)15-9-5-3-4-6-10-15/h7-8,11-12,15H,3-6,9-10,13H2,1-2H3,(H,18,20). The Bertz CT molecular complexity index is 652. The number of ether oxygens (including phenoxy) is 1. The van der Waals surface area contributed by atoms with Crippen LogP contribution in [-0.4, -0.2) is 44.6 Å².